The lowest BCUT2D eigenvalue weighted by atomic mass is 9.80. The summed E-state index contributed by atoms with van der Waals surface area (Å²) in [6, 6.07) is 0. The average molecular weight is 150 g/mol. The number of aliphatic hydroxyl groups excluding tert-OH is 1. The van der Waals surface area contributed by atoms with E-state index in [4.69, 9.17) is 0 Å². The lowest BCUT2D eigenvalue weighted by Gasteiger charge is -2.27. The van der Waals surface area contributed by atoms with Crippen molar-refractivity contribution in [3.05, 3.63) is 12.2 Å². The smallest absolute Gasteiger partial charge is 0.0577 e. The first-order chi connectivity index (χ1) is 5.36. The van der Waals surface area contributed by atoms with E-state index >= 15 is 0 Å². The maximum absolute atomic E-state index is 9.63. The largest absolute Gasteiger partial charge is 0.393 e. The highest BCUT2D eigenvalue weighted by Crippen LogP contribution is 2.56. The van der Waals surface area contributed by atoms with Crippen LogP contribution >= 0.6 is 0 Å². The second kappa shape index (κ2) is 1.89. The van der Waals surface area contributed by atoms with Crippen molar-refractivity contribution in [1.82, 2.24) is 0 Å². The Kier molecular flexibility index (Phi) is 1.07. The molecule has 0 aromatic heterocycles. The first-order valence-electron chi connectivity index (χ1n) is 4.71. The van der Waals surface area contributed by atoms with Crippen molar-refractivity contribution in [2.75, 3.05) is 0 Å². The highest BCUT2D eigenvalue weighted by molar-refractivity contribution is 5.14. The molecule has 0 aromatic carbocycles. The molecule has 2 fully saturated rings. The molecule has 60 valence electrons. The van der Waals surface area contributed by atoms with Gasteiger partial charge in [-0.1, -0.05) is 12.2 Å². The molecule has 0 radical (unpaired) electrons. The van der Waals surface area contributed by atoms with E-state index in [0.29, 0.717) is 5.92 Å². The second-order valence-electron chi connectivity index (χ2n) is 4.37. The van der Waals surface area contributed by atoms with Gasteiger partial charge in [-0.3, -0.25) is 0 Å². The monoisotopic (exact) mass is 150 g/mol. The van der Waals surface area contributed by atoms with Gasteiger partial charge >= 0.3 is 0 Å². The van der Waals surface area contributed by atoms with Crippen molar-refractivity contribution in [2.24, 2.45) is 23.7 Å². The zero-order valence-electron chi connectivity index (χ0n) is 6.61. The highest BCUT2D eigenvalue weighted by Gasteiger charge is 2.51. The second-order valence-corrected chi connectivity index (χ2v) is 4.37. The van der Waals surface area contributed by atoms with Crippen LogP contribution in [-0.2, 0) is 0 Å². The van der Waals surface area contributed by atoms with E-state index in [1.807, 2.05) is 0 Å². The molecule has 11 heavy (non-hydrogen) atoms. The summed E-state index contributed by atoms with van der Waals surface area (Å²) in [7, 11) is 0. The molecule has 1 nitrogen and oxygen atoms in total. The van der Waals surface area contributed by atoms with Crippen LogP contribution in [0.3, 0.4) is 0 Å². The lowest BCUT2D eigenvalue weighted by Crippen LogP contribution is -2.27. The Morgan fingerprint density at radius 2 is 2.09 bits per heavy atom. The van der Waals surface area contributed by atoms with Gasteiger partial charge in [-0.05, 0) is 42.9 Å². The van der Waals surface area contributed by atoms with E-state index in [0.717, 1.165) is 24.2 Å². The first-order valence-corrected chi connectivity index (χ1v) is 4.71. The number of hydrogen-bond acceptors (Lipinski definition) is 1. The zero-order chi connectivity index (χ0) is 7.42. The molecule has 0 spiro atoms. The van der Waals surface area contributed by atoms with E-state index in [1.54, 1.807) is 0 Å². The van der Waals surface area contributed by atoms with Gasteiger partial charge in [-0.25, -0.2) is 0 Å². The molecule has 5 atom stereocenters. The third-order valence-electron chi connectivity index (χ3n) is 3.97. The molecule has 0 aromatic rings. The summed E-state index contributed by atoms with van der Waals surface area (Å²) in [6.07, 6.45) is 8.38. The van der Waals surface area contributed by atoms with Crippen LogP contribution in [0.15, 0.2) is 12.2 Å². The fourth-order valence-corrected chi connectivity index (χ4v) is 3.51. The number of allylic oxidation sites excluding steroid dienone is 2. The van der Waals surface area contributed by atoms with Crippen LogP contribution in [0.2, 0.25) is 0 Å². The maximum Gasteiger partial charge on any atom is 0.0577 e. The first kappa shape index (κ1) is 6.24. The third-order valence-corrected chi connectivity index (χ3v) is 3.97. The normalized spacial score (nSPS) is 58.8. The van der Waals surface area contributed by atoms with Crippen LogP contribution in [0.25, 0.3) is 0 Å². The third kappa shape index (κ3) is 0.652. The molecule has 0 unspecified atom stereocenters. The molecule has 2 saturated carbocycles. The van der Waals surface area contributed by atoms with Gasteiger partial charge in [0.05, 0.1) is 6.10 Å². The number of fused-ring (bicyclic) bond motifs is 5. The predicted molar refractivity (Wildman–Crippen MR) is 43.0 cm³/mol. The minimum Gasteiger partial charge on any atom is -0.393 e. The highest BCUT2D eigenvalue weighted by atomic mass is 16.3. The van der Waals surface area contributed by atoms with Crippen LogP contribution in [0, 0.1) is 23.7 Å². The fraction of sp³-hybridized carbons (Fsp3) is 0.800. The van der Waals surface area contributed by atoms with Crippen LogP contribution in [0.1, 0.15) is 19.3 Å². The summed E-state index contributed by atoms with van der Waals surface area (Å²) < 4.78 is 0. The molecular formula is C10H14O. The van der Waals surface area contributed by atoms with Gasteiger partial charge in [0, 0.05) is 0 Å². The Balaban J connectivity index is 1.94. The predicted octanol–water partition coefficient (Wildman–Crippen LogP) is 1.58. The van der Waals surface area contributed by atoms with Gasteiger partial charge in [0.15, 0.2) is 0 Å². The molecule has 3 aliphatic carbocycles. The van der Waals surface area contributed by atoms with Crippen molar-refractivity contribution in [2.45, 2.75) is 25.4 Å². The molecule has 1 N–H and O–H groups in total. The average Bonchev–Trinajstić information content (AvgIpc) is 2.52. The minimum absolute atomic E-state index is 0.0315. The van der Waals surface area contributed by atoms with Gasteiger partial charge < -0.3 is 5.11 Å². The minimum atomic E-state index is 0.0315. The Morgan fingerprint density at radius 1 is 1.18 bits per heavy atom. The Hall–Kier alpha value is -0.300. The van der Waals surface area contributed by atoms with E-state index in [9.17, 15) is 5.11 Å². The van der Waals surface area contributed by atoms with E-state index < -0.39 is 0 Å². The van der Waals surface area contributed by atoms with Crippen LogP contribution in [0.4, 0.5) is 0 Å². The number of rotatable bonds is 0. The van der Waals surface area contributed by atoms with Crippen LogP contribution < -0.4 is 0 Å². The van der Waals surface area contributed by atoms with E-state index in [1.165, 1.54) is 12.8 Å². The zero-order valence-corrected chi connectivity index (χ0v) is 6.61. The SMILES string of the molecule is O[C@@H]1C[C@H]2C[C@H]1[C@@H]1C=CC[C@H]21. The van der Waals surface area contributed by atoms with Gasteiger partial charge in [-0.15, -0.1) is 0 Å². The molecule has 3 aliphatic rings. The van der Waals surface area contributed by atoms with Gasteiger partial charge in [0.2, 0.25) is 0 Å². The molecule has 0 amide bonds. The summed E-state index contributed by atoms with van der Waals surface area (Å²) in [5.74, 6) is 3.16. The number of aliphatic hydroxyl groups is 1. The Morgan fingerprint density at radius 3 is 3.00 bits per heavy atom. The van der Waals surface area contributed by atoms with Crippen molar-refractivity contribution in [3.63, 3.8) is 0 Å². The molecule has 0 saturated heterocycles. The molecule has 0 heterocycles. The molecule has 3 rings (SSSR count). The van der Waals surface area contributed by atoms with Crippen LogP contribution in [-0.4, -0.2) is 11.2 Å². The summed E-state index contributed by atoms with van der Waals surface area (Å²) in [5.41, 5.74) is 0. The van der Waals surface area contributed by atoms with Gasteiger partial charge in [0.1, 0.15) is 0 Å². The number of hydrogen-bond donors (Lipinski definition) is 1. The Bertz CT molecular complexity index is 209. The Labute approximate surface area is 67.1 Å². The summed E-state index contributed by atoms with van der Waals surface area (Å²) in [4.78, 5) is 0. The fourth-order valence-electron chi connectivity index (χ4n) is 3.51. The van der Waals surface area contributed by atoms with E-state index in [2.05, 4.69) is 12.2 Å². The van der Waals surface area contributed by atoms with Gasteiger partial charge in [-0.2, -0.15) is 0 Å². The van der Waals surface area contributed by atoms with Crippen molar-refractivity contribution >= 4 is 0 Å². The molecule has 0 aliphatic heterocycles. The standard InChI is InChI=1S/C10H14O/c11-10-5-6-4-9(10)8-3-1-2-7(6)8/h1,3,6-11H,2,4-5H2/t6-,7-,8-,9+,10-/m1/s1. The van der Waals surface area contributed by atoms with Crippen molar-refractivity contribution in [1.29, 1.82) is 0 Å². The van der Waals surface area contributed by atoms with Crippen molar-refractivity contribution < 1.29 is 5.11 Å². The van der Waals surface area contributed by atoms with E-state index in [-0.39, 0.29) is 6.10 Å². The molecule has 2 bridgehead atoms. The lowest BCUT2D eigenvalue weighted by molar-refractivity contribution is 0.0746. The summed E-state index contributed by atoms with van der Waals surface area (Å²) in [6.45, 7) is 0. The molecule has 1 heteroatoms. The van der Waals surface area contributed by atoms with Gasteiger partial charge in [0.25, 0.3) is 0 Å². The summed E-state index contributed by atoms with van der Waals surface area (Å²) in [5, 5.41) is 9.63. The quantitative estimate of drug-likeness (QED) is 0.520. The molecular weight excluding hydrogens is 136 g/mol. The van der Waals surface area contributed by atoms with Crippen LogP contribution in [0.5, 0.6) is 0 Å². The summed E-state index contributed by atoms with van der Waals surface area (Å²) >= 11 is 0. The maximum atomic E-state index is 9.63. The van der Waals surface area contributed by atoms with Crippen molar-refractivity contribution in [3.8, 4) is 0 Å². The topological polar surface area (TPSA) is 20.2 Å².